The molecular weight excluding hydrogens is 102 g/mol. The SMILES string of the molecule is C[N+]1(O)CC=CCC1. The number of nitrogens with zero attached hydrogens (tertiary/aromatic N) is 1. The highest BCUT2D eigenvalue weighted by molar-refractivity contribution is 4.83. The van der Waals surface area contributed by atoms with E-state index in [2.05, 4.69) is 6.08 Å². The summed E-state index contributed by atoms with van der Waals surface area (Å²) in [6.07, 6.45) is 5.13. The van der Waals surface area contributed by atoms with Gasteiger partial charge in [0.2, 0.25) is 0 Å². The van der Waals surface area contributed by atoms with Gasteiger partial charge < -0.3 is 0 Å². The van der Waals surface area contributed by atoms with Gasteiger partial charge in [0.1, 0.15) is 13.1 Å². The normalized spacial score (nSPS) is 37.8. The fourth-order valence-electron chi connectivity index (χ4n) is 0.863. The Bertz CT molecular complexity index is 107. The molecule has 0 spiro atoms. The fourth-order valence-corrected chi connectivity index (χ4v) is 0.863. The van der Waals surface area contributed by atoms with E-state index in [1.807, 2.05) is 13.1 Å². The highest BCUT2D eigenvalue weighted by atomic mass is 16.5. The van der Waals surface area contributed by atoms with Crippen molar-refractivity contribution in [2.45, 2.75) is 6.42 Å². The van der Waals surface area contributed by atoms with E-state index < -0.39 is 0 Å². The molecular formula is C6H12NO+. The zero-order valence-corrected chi connectivity index (χ0v) is 5.17. The topological polar surface area (TPSA) is 20.2 Å². The maximum atomic E-state index is 9.26. The van der Waals surface area contributed by atoms with E-state index in [4.69, 9.17) is 0 Å². The van der Waals surface area contributed by atoms with Gasteiger partial charge in [0.25, 0.3) is 0 Å². The third-order valence-corrected chi connectivity index (χ3v) is 1.44. The Hall–Kier alpha value is -0.340. The molecule has 1 rings (SSSR count). The quantitative estimate of drug-likeness (QED) is 0.364. The summed E-state index contributed by atoms with van der Waals surface area (Å²) in [7, 11) is 1.82. The van der Waals surface area contributed by atoms with Crippen molar-refractivity contribution in [3.05, 3.63) is 12.2 Å². The molecule has 0 radical (unpaired) electrons. The van der Waals surface area contributed by atoms with Crippen molar-refractivity contribution in [1.29, 1.82) is 0 Å². The molecule has 0 fully saturated rings. The van der Waals surface area contributed by atoms with Crippen LogP contribution in [0.25, 0.3) is 0 Å². The van der Waals surface area contributed by atoms with Crippen molar-refractivity contribution in [2.24, 2.45) is 0 Å². The van der Waals surface area contributed by atoms with Crippen molar-refractivity contribution in [3.63, 3.8) is 0 Å². The molecule has 0 aromatic carbocycles. The predicted octanol–water partition coefficient (Wildman–Crippen LogP) is 0.782. The molecule has 2 heteroatoms. The summed E-state index contributed by atoms with van der Waals surface area (Å²) in [6, 6.07) is 0. The Labute approximate surface area is 49.6 Å². The molecule has 0 saturated carbocycles. The molecule has 1 aliphatic heterocycles. The highest BCUT2D eigenvalue weighted by Crippen LogP contribution is 2.04. The van der Waals surface area contributed by atoms with Gasteiger partial charge in [-0.15, -0.1) is 0 Å². The molecule has 46 valence electrons. The van der Waals surface area contributed by atoms with E-state index in [0.717, 1.165) is 19.5 Å². The van der Waals surface area contributed by atoms with Crippen LogP contribution in [0.15, 0.2) is 12.2 Å². The van der Waals surface area contributed by atoms with Crippen LogP contribution in [0, 0.1) is 0 Å². The lowest BCUT2D eigenvalue weighted by molar-refractivity contribution is -1.08. The first kappa shape index (κ1) is 5.79. The van der Waals surface area contributed by atoms with Crippen molar-refractivity contribution in [2.75, 3.05) is 20.1 Å². The third-order valence-electron chi connectivity index (χ3n) is 1.44. The van der Waals surface area contributed by atoms with Gasteiger partial charge in [-0.3, -0.25) is 0 Å². The average Bonchev–Trinajstić information content (AvgIpc) is 1.65. The lowest BCUT2D eigenvalue weighted by Gasteiger charge is -2.25. The second-order valence-electron chi connectivity index (χ2n) is 2.51. The largest absolute Gasteiger partial charge is 0.217 e. The zero-order chi connectivity index (χ0) is 6.04. The van der Waals surface area contributed by atoms with Crippen LogP contribution in [-0.2, 0) is 0 Å². The standard InChI is InChI=1S/C6H12NO/c1-7(8)5-3-2-4-6-7/h2-3,8H,4-6H2,1H3/q+1. The molecule has 0 aromatic heterocycles. The van der Waals surface area contributed by atoms with Crippen molar-refractivity contribution < 1.29 is 9.85 Å². The molecule has 1 aliphatic rings. The number of hydroxylamine groups is 3. The number of hydrogen-bond donors (Lipinski definition) is 1. The first-order valence-corrected chi connectivity index (χ1v) is 2.93. The number of hydrogen-bond acceptors (Lipinski definition) is 1. The van der Waals surface area contributed by atoms with E-state index >= 15 is 0 Å². The minimum atomic E-state index is 0.163. The molecule has 0 saturated heterocycles. The van der Waals surface area contributed by atoms with Gasteiger partial charge in [-0.05, 0) is 6.08 Å². The van der Waals surface area contributed by atoms with E-state index in [9.17, 15) is 5.21 Å². The molecule has 0 bridgehead atoms. The van der Waals surface area contributed by atoms with Crippen LogP contribution in [0.4, 0.5) is 0 Å². The minimum Gasteiger partial charge on any atom is -0.217 e. The molecule has 1 atom stereocenters. The Morgan fingerprint density at radius 2 is 2.25 bits per heavy atom. The summed E-state index contributed by atoms with van der Waals surface area (Å²) in [5, 5.41) is 9.26. The first-order chi connectivity index (χ1) is 3.71. The van der Waals surface area contributed by atoms with Gasteiger partial charge in [-0.2, -0.15) is 4.65 Å². The molecule has 0 aromatic rings. The summed E-state index contributed by atoms with van der Waals surface area (Å²) in [5.41, 5.74) is 0. The minimum absolute atomic E-state index is 0.163. The fraction of sp³-hybridized carbons (Fsp3) is 0.667. The predicted molar refractivity (Wildman–Crippen MR) is 31.5 cm³/mol. The van der Waals surface area contributed by atoms with E-state index in [1.165, 1.54) is 0 Å². The van der Waals surface area contributed by atoms with Crippen LogP contribution >= 0.6 is 0 Å². The van der Waals surface area contributed by atoms with Crippen molar-refractivity contribution in [3.8, 4) is 0 Å². The first-order valence-electron chi connectivity index (χ1n) is 2.93. The monoisotopic (exact) mass is 114 g/mol. The third kappa shape index (κ3) is 1.32. The summed E-state index contributed by atoms with van der Waals surface area (Å²) in [6.45, 7) is 1.62. The Morgan fingerprint density at radius 3 is 2.50 bits per heavy atom. The lowest BCUT2D eigenvalue weighted by Crippen LogP contribution is -2.42. The zero-order valence-electron chi connectivity index (χ0n) is 5.17. The van der Waals surface area contributed by atoms with E-state index in [0.29, 0.717) is 0 Å². The van der Waals surface area contributed by atoms with Crippen LogP contribution in [0.5, 0.6) is 0 Å². The molecule has 0 aliphatic carbocycles. The maximum Gasteiger partial charge on any atom is 0.127 e. The Kier molecular flexibility index (Phi) is 1.36. The average molecular weight is 114 g/mol. The molecule has 1 N–H and O–H groups in total. The van der Waals surface area contributed by atoms with Crippen LogP contribution in [-0.4, -0.2) is 30.0 Å². The second kappa shape index (κ2) is 1.88. The Morgan fingerprint density at radius 1 is 1.50 bits per heavy atom. The Balaban J connectivity index is 2.50. The van der Waals surface area contributed by atoms with Crippen molar-refractivity contribution >= 4 is 0 Å². The summed E-state index contributed by atoms with van der Waals surface area (Å²) in [5.74, 6) is 0. The molecule has 8 heavy (non-hydrogen) atoms. The second-order valence-corrected chi connectivity index (χ2v) is 2.51. The maximum absolute atomic E-state index is 9.26. The smallest absolute Gasteiger partial charge is 0.127 e. The summed E-state index contributed by atoms with van der Waals surface area (Å²) < 4.78 is 0.163. The molecule has 0 amide bonds. The summed E-state index contributed by atoms with van der Waals surface area (Å²) in [4.78, 5) is 0. The van der Waals surface area contributed by atoms with Gasteiger partial charge >= 0.3 is 0 Å². The number of rotatable bonds is 0. The highest BCUT2D eigenvalue weighted by Gasteiger charge is 2.17. The van der Waals surface area contributed by atoms with Gasteiger partial charge in [-0.25, -0.2) is 5.21 Å². The molecule has 1 heterocycles. The lowest BCUT2D eigenvalue weighted by atomic mass is 10.3. The number of quaternary nitrogens is 1. The summed E-state index contributed by atoms with van der Waals surface area (Å²) >= 11 is 0. The number of likely N-dealkylation sites (N-methyl/N-ethyl adjacent to an activating group) is 1. The van der Waals surface area contributed by atoms with Crippen LogP contribution < -0.4 is 0 Å². The van der Waals surface area contributed by atoms with Crippen LogP contribution in [0.2, 0.25) is 0 Å². The van der Waals surface area contributed by atoms with Crippen molar-refractivity contribution in [1.82, 2.24) is 0 Å². The van der Waals surface area contributed by atoms with Gasteiger partial charge in [0.15, 0.2) is 0 Å². The van der Waals surface area contributed by atoms with E-state index in [1.54, 1.807) is 0 Å². The molecule has 1 unspecified atom stereocenters. The van der Waals surface area contributed by atoms with Crippen LogP contribution in [0.1, 0.15) is 6.42 Å². The van der Waals surface area contributed by atoms with Gasteiger partial charge in [0, 0.05) is 6.42 Å². The van der Waals surface area contributed by atoms with Crippen LogP contribution in [0.3, 0.4) is 0 Å². The van der Waals surface area contributed by atoms with E-state index in [-0.39, 0.29) is 4.65 Å². The van der Waals surface area contributed by atoms with Gasteiger partial charge in [-0.1, -0.05) is 6.08 Å². The molecule has 2 nitrogen and oxygen atoms in total. The van der Waals surface area contributed by atoms with Gasteiger partial charge in [0.05, 0.1) is 7.05 Å².